The van der Waals surface area contributed by atoms with Gasteiger partial charge in [0.25, 0.3) is 0 Å². The predicted octanol–water partition coefficient (Wildman–Crippen LogP) is 3.46. The van der Waals surface area contributed by atoms with Crippen LogP contribution in [-0.4, -0.2) is 6.73 Å². The number of hydrogen-bond acceptors (Lipinski definition) is 3. The van der Waals surface area contributed by atoms with Crippen LogP contribution in [-0.2, 0) is 0 Å². The van der Waals surface area contributed by atoms with Crippen molar-refractivity contribution in [1.29, 1.82) is 0 Å². The van der Waals surface area contributed by atoms with Gasteiger partial charge in [0, 0.05) is 17.8 Å². The molecule has 0 amide bonds. The van der Waals surface area contributed by atoms with E-state index in [1.165, 1.54) is 6.07 Å². The second-order valence-corrected chi connectivity index (χ2v) is 4.82. The smallest absolute Gasteiger partial charge is 0.162 e. The molecular formula is C15H14F2N2O. The fourth-order valence-corrected chi connectivity index (χ4v) is 2.39. The minimum atomic E-state index is -0.901. The third-order valence-electron chi connectivity index (χ3n) is 3.53. The molecule has 20 heavy (non-hydrogen) atoms. The molecule has 1 heterocycles. The van der Waals surface area contributed by atoms with Gasteiger partial charge < -0.3 is 15.4 Å². The molecular weight excluding hydrogens is 262 g/mol. The predicted molar refractivity (Wildman–Crippen MR) is 73.6 cm³/mol. The van der Waals surface area contributed by atoms with Crippen molar-refractivity contribution in [1.82, 2.24) is 0 Å². The molecule has 0 radical (unpaired) electrons. The molecule has 0 spiro atoms. The van der Waals surface area contributed by atoms with Gasteiger partial charge >= 0.3 is 0 Å². The van der Waals surface area contributed by atoms with Crippen molar-refractivity contribution in [2.45, 2.75) is 13.0 Å². The van der Waals surface area contributed by atoms with Crippen molar-refractivity contribution in [2.75, 3.05) is 17.4 Å². The SMILES string of the molecule is CC(c1cccc(N)c1)N1COc2cc(F)c(F)cc21. The van der Waals surface area contributed by atoms with E-state index in [0.717, 1.165) is 11.6 Å². The maximum atomic E-state index is 13.4. The topological polar surface area (TPSA) is 38.5 Å². The molecule has 1 unspecified atom stereocenters. The Kier molecular flexibility index (Phi) is 2.97. The van der Waals surface area contributed by atoms with E-state index >= 15 is 0 Å². The molecule has 0 aromatic heterocycles. The first-order valence-corrected chi connectivity index (χ1v) is 6.30. The van der Waals surface area contributed by atoms with Gasteiger partial charge in [-0.3, -0.25) is 0 Å². The third-order valence-corrected chi connectivity index (χ3v) is 3.53. The number of fused-ring (bicyclic) bond motifs is 1. The Bertz CT molecular complexity index is 660. The van der Waals surface area contributed by atoms with E-state index in [2.05, 4.69) is 0 Å². The third kappa shape index (κ3) is 2.05. The van der Waals surface area contributed by atoms with Gasteiger partial charge in [-0.05, 0) is 24.6 Å². The van der Waals surface area contributed by atoms with Crippen molar-refractivity contribution in [3.8, 4) is 5.75 Å². The van der Waals surface area contributed by atoms with Crippen LogP contribution in [0.1, 0.15) is 18.5 Å². The molecule has 1 aliphatic heterocycles. The lowest BCUT2D eigenvalue weighted by molar-refractivity contribution is 0.335. The quantitative estimate of drug-likeness (QED) is 0.854. The Labute approximate surface area is 115 Å². The number of nitrogen functional groups attached to an aromatic ring is 1. The van der Waals surface area contributed by atoms with Crippen LogP contribution in [0.2, 0.25) is 0 Å². The molecule has 0 saturated carbocycles. The summed E-state index contributed by atoms with van der Waals surface area (Å²) in [5.74, 6) is -1.42. The summed E-state index contributed by atoms with van der Waals surface area (Å²) >= 11 is 0. The maximum absolute atomic E-state index is 13.4. The summed E-state index contributed by atoms with van der Waals surface area (Å²) in [4.78, 5) is 1.87. The number of hydrogen-bond donors (Lipinski definition) is 1. The zero-order valence-corrected chi connectivity index (χ0v) is 10.9. The average molecular weight is 276 g/mol. The van der Waals surface area contributed by atoms with Crippen LogP contribution in [0.3, 0.4) is 0 Å². The Morgan fingerprint density at radius 2 is 1.95 bits per heavy atom. The van der Waals surface area contributed by atoms with Crippen LogP contribution in [0.5, 0.6) is 5.75 Å². The van der Waals surface area contributed by atoms with E-state index in [1.807, 2.05) is 30.0 Å². The van der Waals surface area contributed by atoms with Gasteiger partial charge in [0.05, 0.1) is 11.7 Å². The summed E-state index contributed by atoms with van der Waals surface area (Å²) in [5.41, 5.74) is 7.99. The molecule has 3 nitrogen and oxygen atoms in total. The molecule has 3 rings (SSSR count). The lowest BCUT2D eigenvalue weighted by atomic mass is 10.1. The second kappa shape index (κ2) is 4.67. The van der Waals surface area contributed by atoms with Crippen LogP contribution in [0.4, 0.5) is 20.2 Å². The second-order valence-electron chi connectivity index (χ2n) is 4.82. The van der Waals surface area contributed by atoms with Crippen LogP contribution < -0.4 is 15.4 Å². The van der Waals surface area contributed by atoms with Crippen LogP contribution in [0.25, 0.3) is 0 Å². The normalized spacial score (nSPS) is 14.8. The fraction of sp³-hybridized carbons (Fsp3) is 0.200. The number of benzene rings is 2. The highest BCUT2D eigenvalue weighted by atomic mass is 19.2. The first-order valence-electron chi connectivity index (χ1n) is 6.30. The van der Waals surface area contributed by atoms with Crippen LogP contribution in [0.15, 0.2) is 36.4 Å². The van der Waals surface area contributed by atoms with E-state index in [4.69, 9.17) is 10.5 Å². The summed E-state index contributed by atoms with van der Waals surface area (Å²) in [5, 5.41) is 0. The highest BCUT2D eigenvalue weighted by Gasteiger charge is 2.27. The molecule has 5 heteroatoms. The number of halogens is 2. The van der Waals surface area contributed by atoms with Crippen molar-refractivity contribution in [2.24, 2.45) is 0 Å². The van der Waals surface area contributed by atoms with Gasteiger partial charge in [-0.25, -0.2) is 8.78 Å². The van der Waals surface area contributed by atoms with Crippen molar-refractivity contribution in [3.63, 3.8) is 0 Å². The van der Waals surface area contributed by atoms with E-state index in [9.17, 15) is 8.78 Å². The van der Waals surface area contributed by atoms with Crippen LogP contribution >= 0.6 is 0 Å². The Hall–Kier alpha value is -2.30. The van der Waals surface area contributed by atoms with Gasteiger partial charge in [-0.1, -0.05) is 12.1 Å². The zero-order valence-electron chi connectivity index (χ0n) is 10.9. The molecule has 0 bridgehead atoms. The molecule has 1 atom stereocenters. The van der Waals surface area contributed by atoms with E-state index < -0.39 is 11.6 Å². The lowest BCUT2D eigenvalue weighted by Crippen LogP contribution is -2.25. The van der Waals surface area contributed by atoms with Gasteiger partial charge in [-0.15, -0.1) is 0 Å². The van der Waals surface area contributed by atoms with Gasteiger partial charge in [0.15, 0.2) is 18.4 Å². The molecule has 2 aromatic carbocycles. The fourth-order valence-electron chi connectivity index (χ4n) is 2.39. The zero-order chi connectivity index (χ0) is 14.3. The van der Waals surface area contributed by atoms with Crippen molar-refractivity contribution in [3.05, 3.63) is 53.6 Å². The Morgan fingerprint density at radius 3 is 2.70 bits per heavy atom. The van der Waals surface area contributed by atoms with Gasteiger partial charge in [0.1, 0.15) is 5.75 Å². The molecule has 0 saturated heterocycles. The largest absolute Gasteiger partial charge is 0.471 e. The minimum absolute atomic E-state index is 0.0513. The summed E-state index contributed by atoms with van der Waals surface area (Å²) in [6.07, 6.45) is 0. The minimum Gasteiger partial charge on any atom is -0.471 e. The van der Waals surface area contributed by atoms with Gasteiger partial charge in [-0.2, -0.15) is 0 Å². The summed E-state index contributed by atoms with van der Waals surface area (Å²) in [7, 11) is 0. The molecule has 2 aromatic rings. The molecule has 1 aliphatic rings. The number of rotatable bonds is 2. The van der Waals surface area contributed by atoms with E-state index in [1.54, 1.807) is 6.07 Å². The standard InChI is InChI=1S/C15H14F2N2O/c1-9(10-3-2-4-11(18)5-10)19-8-20-15-7-13(17)12(16)6-14(15)19/h2-7,9H,8,18H2,1H3. The monoisotopic (exact) mass is 276 g/mol. The number of nitrogens with two attached hydrogens (primary N) is 1. The average Bonchev–Trinajstić information content (AvgIpc) is 2.81. The molecule has 0 fully saturated rings. The summed E-state index contributed by atoms with van der Waals surface area (Å²) in [6, 6.07) is 9.67. The lowest BCUT2D eigenvalue weighted by Gasteiger charge is -2.25. The molecule has 104 valence electrons. The Balaban J connectivity index is 1.96. The van der Waals surface area contributed by atoms with Crippen LogP contribution in [0, 0.1) is 11.6 Å². The first-order chi connectivity index (χ1) is 9.56. The van der Waals surface area contributed by atoms with E-state index in [0.29, 0.717) is 17.1 Å². The highest BCUT2D eigenvalue weighted by Crippen LogP contribution is 2.40. The van der Waals surface area contributed by atoms with E-state index in [-0.39, 0.29) is 12.8 Å². The number of nitrogens with zero attached hydrogens (tertiary/aromatic N) is 1. The highest BCUT2D eigenvalue weighted by molar-refractivity contribution is 5.63. The molecule has 0 aliphatic carbocycles. The first kappa shape index (κ1) is 12.7. The summed E-state index contributed by atoms with van der Waals surface area (Å²) < 4.78 is 32.0. The number of anilines is 2. The van der Waals surface area contributed by atoms with Crippen molar-refractivity contribution >= 4 is 11.4 Å². The Morgan fingerprint density at radius 1 is 1.20 bits per heavy atom. The molecule has 2 N–H and O–H groups in total. The number of ether oxygens (including phenoxy) is 1. The van der Waals surface area contributed by atoms with Crippen molar-refractivity contribution < 1.29 is 13.5 Å². The van der Waals surface area contributed by atoms with Gasteiger partial charge in [0.2, 0.25) is 0 Å². The maximum Gasteiger partial charge on any atom is 0.162 e. The summed E-state index contributed by atoms with van der Waals surface area (Å²) in [6.45, 7) is 2.22.